The highest BCUT2D eigenvalue weighted by atomic mass is 32.2. The summed E-state index contributed by atoms with van der Waals surface area (Å²) < 4.78 is 28.5. The van der Waals surface area contributed by atoms with E-state index in [-0.39, 0.29) is 10.8 Å². The van der Waals surface area contributed by atoms with Crippen molar-refractivity contribution < 1.29 is 13.2 Å². The van der Waals surface area contributed by atoms with E-state index in [1.54, 1.807) is 30.7 Å². The van der Waals surface area contributed by atoms with E-state index in [9.17, 15) is 13.2 Å². The molecule has 1 heterocycles. The van der Waals surface area contributed by atoms with Gasteiger partial charge in [-0.2, -0.15) is 0 Å². The van der Waals surface area contributed by atoms with Crippen LogP contribution in [-0.2, 0) is 21.4 Å². The lowest BCUT2D eigenvalue weighted by molar-refractivity contribution is -0.116. The molecule has 0 aliphatic carbocycles. The molecule has 0 atom stereocenters. The fraction of sp³-hybridized carbons (Fsp3) is 0.333. The first-order valence-electron chi connectivity index (χ1n) is 8.52. The van der Waals surface area contributed by atoms with E-state index >= 15 is 0 Å². The number of carbonyl (C=O) groups is 1. The van der Waals surface area contributed by atoms with Crippen molar-refractivity contribution in [3.8, 4) is 0 Å². The van der Waals surface area contributed by atoms with Gasteiger partial charge in [-0.15, -0.1) is 0 Å². The van der Waals surface area contributed by atoms with Gasteiger partial charge in [0.2, 0.25) is 15.9 Å². The van der Waals surface area contributed by atoms with Crippen molar-refractivity contribution in [2.75, 3.05) is 13.1 Å². The van der Waals surface area contributed by atoms with Crippen molar-refractivity contribution in [2.45, 2.75) is 31.2 Å². The molecule has 1 amide bonds. The van der Waals surface area contributed by atoms with Gasteiger partial charge in [-0.3, -0.25) is 4.79 Å². The van der Waals surface area contributed by atoms with E-state index in [2.05, 4.69) is 15.0 Å². The Labute approximate surface area is 154 Å². The van der Waals surface area contributed by atoms with Crippen LogP contribution in [0.25, 0.3) is 6.08 Å². The van der Waals surface area contributed by atoms with Crippen molar-refractivity contribution in [3.05, 3.63) is 54.6 Å². The van der Waals surface area contributed by atoms with Gasteiger partial charge in [-0.1, -0.05) is 19.1 Å². The third kappa shape index (κ3) is 6.45. The van der Waals surface area contributed by atoms with Gasteiger partial charge in [0.05, 0.1) is 11.2 Å². The number of imidazole rings is 1. The second-order valence-electron chi connectivity index (χ2n) is 5.75. The molecule has 0 fully saturated rings. The van der Waals surface area contributed by atoms with Crippen molar-refractivity contribution in [3.63, 3.8) is 0 Å². The van der Waals surface area contributed by atoms with Crippen LogP contribution in [0.15, 0.2) is 54.0 Å². The molecule has 140 valence electrons. The smallest absolute Gasteiger partial charge is 0.244 e. The summed E-state index contributed by atoms with van der Waals surface area (Å²) in [5, 5.41) is 2.81. The van der Waals surface area contributed by atoms with E-state index in [0.29, 0.717) is 13.1 Å². The molecule has 8 heteroatoms. The maximum absolute atomic E-state index is 12.0. The number of hydrogen-bond acceptors (Lipinski definition) is 4. The van der Waals surface area contributed by atoms with Crippen LogP contribution in [0.2, 0.25) is 0 Å². The van der Waals surface area contributed by atoms with Gasteiger partial charge in [0.15, 0.2) is 0 Å². The number of hydrogen-bond donors (Lipinski definition) is 2. The lowest BCUT2D eigenvalue weighted by Gasteiger charge is -2.05. The van der Waals surface area contributed by atoms with Gasteiger partial charge in [0.25, 0.3) is 0 Å². The molecule has 0 spiro atoms. The molecule has 0 aliphatic rings. The topological polar surface area (TPSA) is 93.1 Å². The molecule has 0 radical (unpaired) electrons. The highest BCUT2D eigenvalue weighted by molar-refractivity contribution is 7.89. The molecule has 7 nitrogen and oxygen atoms in total. The van der Waals surface area contributed by atoms with E-state index in [1.807, 2.05) is 17.7 Å². The Morgan fingerprint density at radius 1 is 1.23 bits per heavy atom. The number of benzene rings is 1. The normalized spacial score (nSPS) is 11.7. The fourth-order valence-corrected chi connectivity index (χ4v) is 3.33. The Hall–Kier alpha value is -2.45. The van der Waals surface area contributed by atoms with Gasteiger partial charge in [0.1, 0.15) is 0 Å². The zero-order valence-corrected chi connectivity index (χ0v) is 15.6. The van der Waals surface area contributed by atoms with Crippen LogP contribution in [0.3, 0.4) is 0 Å². The van der Waals surface area contributed by atoms with E-state index < -0.39 is 10.0 Å². The summed E-state index contributed by atoms with van der Waals surface area (Å²) >= 11 is 0. The Morgan fingerprint density at radius 3 is 2.65 bits per heavy atom. The Bertz CT molecular complexity index is 813. The predicted octanol–water partition coefficient (Wildman–Crippen LogP) is 1.79. The van der Waals surface area contributed by atoms with Gasteiger partial charge in [-0.25, -0.2) is 18.1 Å². The summed E-state index contributed by atoms with van der Waals surface area (Å²) in [6, 6.07) is 6.40. The van der Waals surface area contributed by atoms with E-state index in [4.69, 9.17) is 0 Å². The summed E-state index contributed by atoms with van der Waals surface area (Å²) in [6.45, 7) is 3.68. The van der Waals surface area contributed by atoms with Crippen LogP contribution in [-0.4, -0.2) is 37.0 Å². The van der Waals surface area contributed by atoms with Gasteiger partial charge in [0, 0.05) is 38.1 Å². The summed E-state index contributed by atoms with van der Waals surface area (Å²) in [6.07, 6.45) is 9.98. The number of aryl methyl sites for hydroxylation is 1. The van der Waals surface area contributed by atoms with Crippen LogP contribution in [0.5, 0.6) is 0 Å². The molecule has 1 aromatic heterocycles. The highest BCUT2D eigenvalue weighted by Gasteiger charge is 2.11. The standard InChI is InChI=1S/C18H24N4O3S/c1-2-10-21-26(24,25)17-7-4-16(5-8-17)6-9-18(23)20-11-3-13-22-14-12-19-15-22/h4-9,12,14-15,21H,2-3,10-11,13H2,1H3,(H,20,23)/b9-6+. The van der Waals surface area contributed by atoms with Crippen molar-refractivity contribution >= 4 is 22.0 Å². The second kappa shape index (κ2) is 9.88. The van der Waals surface area contributed by atoms with Crippen molar-refractivity contribution in [1.29, 1.82) is 0 Å². The molecule has 2 N–H and O–H groups in total. The first-order valence-corrected chi connectivity index (χ1v) is 10.0. The monoisotopic (exact) mass is 376 g/mol. The summed E-state index contributed by atoms with van der Waals surface area (Å²) in [7, 11) is -3.46. The van der Waals surface area contributed by atoms with Crippen LogP contribution >= 0.6 is 0 Å². The van der Waals surface area contributed by atoms with Crippen LogP contribution in [0.1, 0.15) is 25.3 Å². The van der Waals surface area contributed by atoms with Crippen molar-refractivity contribution in [2.24, 2.45) is 0 Å². The molecule has 0 aliphatic heterocycles. The minimum absolute atomic E-state index is 0.183. The molecule has 26 heavy (non-hydrogen) atoms. The largest absolute Gasteiger partial charge is 0.352 e. The summed E-state index contributed by atoms with van der Waals surface area (Å²) in [5.41, 5.74) is 0.757. The van der Waals surface area contributed by atoms with Crippen molar-refractivity contribution in [1.82, 2.24) is 19.6 Å². The van der Waals surface area contributed by atoms with E-state index in [1.165, 1.54) is 18.2 Å². The van der Waals surface area contributed by atoms with E-state index in [0.717, 1.165) is 24.9 Å². The van der Waals surface area contributed by atoms with Gasteiger partial charge < -0.3 is 9.88 Å². The Morgan fingerprint density at radius 2 is 2.00 bits per heavy atom. The first-order chi connectivity index (χ1) is 12.5. The third-order valence-corrected chi connectivity index (χ3v) is 5.09. The maximum atomic E-state index is 12.0. The second-order valence-corrected chi connectivity index (χ2v) is 7.51. The molecule has 0 unspecified atom stereocenters. The average molecular weight is 376 g/mol. The molecule has 1 aromatic carbocycles. The lowest BCUT2D eigenvalue weighted by atomic mass is 10.2. The Balaban J connectivity index is 1.79. The number of carbonyl (C=O) groups excluding carboxylic acids is 1. The molecule has 2 rings (SSSR count). The summed E-state index contributed by atoms with van der Waals surface area (Å²) in [4.78, 5) is 16.0. The maximum Gasteiger partial charge on any atom is 0.244 e. The van der Waals surface area contributed by atoms with Crippen LogP contribution in [0.4, 0.5) is 0 Å². The SMILES string of the molecule is CCCNS(=O)(=O)c1ccc(/C=C/C(=O)NCCCn2ccnc2)cc1. The minimum Gasteiger partial charge on any atom is -0.352 e. The quantitative estimate of drug-likeness (QED) is 0.488. The average Bonchev–Trinajstić information content (AvgIpc) is 3.16. The number of aromatic nitrogens is 2. The number of amides is 1. The first kappa shape index (κ1) is 19.9. The zero-order chi connectivity index (χ0) is 18.8. The fourth-order valence-electron chi connectivity index (χ4n) is 2.20. The lowest BCUT2D eigenvalue weighted by Crippen LogP contribution is -2.24. The van der Waals surface area contributed by atoms with Gasteiger partial charge >= 0.3 is 0 Å². The molecular formula is C18H24N4O3S. The highest BCUT2D eigenvalue weighted by Crippen LogP contribution is 2.11. The van der Waals surface area contributed by atoms with Crippen LogP contribution < -0.4 is 10.0 Å². The number of nitrogens with zero attached hydrogens (tertiary/aromatic N) is 2. The number of nitrogens with one attached hydrogen (secondary N) is 2. The molecule has 2 aromatic rings. The number of rotatable bonds is 10. The Kier molecular flexibility index (Phi) is 7.55. The number of sulfonamides is 1. The minimum atomic E-state index is -3.46. The molecule has 0 saturated heterocycles. The summed E-state index contributed by atoms with van der Waals surface area (Å²) in [5.74, 6) is -0.183. The van der Waals surface area contributed by atoms with Gasteiger partial charge in [-0.05, 0) is 36.6 Å². The molecule has 0 saturated carbocycles. The predicted molar refractivity (Wildman–Crippen MR) is 101 cm³/mol. The van der Waals surface area contributed by atoms with Crippen LogP contribution in [0, 0.1) is 0 Å². The third-order valence-electron chi connectivity index (χ3n) is 3.61. The molecule has 0 bridgehead atoms. The molecular weight excluding hydrogens is 352 g/mol. The zero-order valence-electron chi connectivity index (χ0n) is 14.8.